The number of anilines is 1. The molecule has 0 spiro atoms. The highest BCUT2D eigenvalue weighted by molar-refractivity contribution is 5.92. The number of likely N-dealkylation sites (tertiary alicyclic amines) is 1. The molecular formula is C33H40F7N5O3. The van der Waals surface area contributed by atoms with E-state index in [0.29, 0.717) is 54.8 Å². The summed E-state index contributed by atoms with van der Waals surface area (Å²) >= 11 is 0. The van der Waals surface area contributed by atoms with Gasteiger partial charge in [-0.2, -0.15) is 26.3 Å². The first-order valence-electron chi connectivity index (χ1n) is 15.7. The molecule has 2 fully saturated rings. The maximum atomic E-state index is 13.8. The average molecular weight is 688 g/mol. The Hall–Kier alpha value is -4.04. The number of likely N-dealkylation sites (N-methyl/N-ethyl adjacent to an activating group) is 1. The molecule has 15 heteroatoms. The van der Waals surface area contributed by atoms with Crippen molar-refractivity contribution in [3.63, 3.8) is 0 Å². The van der Waals surface area contributed by atoms with Crippen molar-refractivity contribution in [2.24, 2.45) is 5.92 Å². The minimum absolute atomic E-state index is 0.0104. The Balaban J connectivity index is 1.55. The van der Waals surface area contributed by atoms with Gasteiger partial charge in [0, 0.05) is 71.4 Å². The Kier molecular flexibility index (Phi) is 10.9. The van der Waals surface area contributed by atoms with Crippen molar-refractivity contribution in [1.29, 1.82) is 0 Å². The number of carbonyl (C=O) groups excluding carboxylic acids is 3. The first kappa shape index (κ1) is 36.8. The van der Waals surface area contributed by atoms with Gasteiger partial charge in [-0.3, -0.25) is 9.69 Å². The second-order valence-corrected chi connectivity index (χ2v) is 12.6. The summed E-state index contributed by atoms with van der Waals surface area (Å²) in [7, 11) is 5.91. The van der Waals surface area contributed by atoms with Gasteiger partial charge in [-0.1, -0.05) is 12.1 Å². The van der Waals surface area contributed by atoms with Gasteiger partial charge in [-0.15, -0.1) is 0 Å². The molecule has 5 amide bonds. The fourth-order valence-electron chi connectivity index (χ4n) is 6.55. The van der Waals surface area contributed by atoms with Crippen LogP contribution in [0, 0.1) is 11.7 Å². The number of carbonyl (C=O) groups is 3. The summed E-state index contributed by atoms with van der Waals surface area (Å²) in [4.78, 5) is 46.9. The van der Waals surface area contributed by atoms with Gasteiger partial charge in [0.05, 0.1) is 17.2 Å². The zero-order valence-electron chi connectivity index (χ0n) is 27.4. The number of hydrogen-bond acceptors (Lipinski definition) is 3. The molecule has 8 nitrogen and oxygen atoms in total. The van der Waals surface area contributed by atoms with Crippen LogP contribution in [0.15, 0.2) is 42.5 Å². The summed E-state index contributed by atoms with van der Waals surface area (Å²) in [6, 6.07) is 4.72. The Morgan fingerprint density at radius 3 is 1.81 bits per heavy atom. The van der Waals surface area contributed by atoms with E-state index in [0.717, 1.165) is 7.05 Å². The number of amides is 5. The largest absolute Gasteiger partial charge is 0.416 e. The molecule has 48 heavy (non-hydrogen) atoms. The van der Waals surface area contributed by atoms with Crippen LogP contribution in [-0.2, 0) is 17.1 Å². The number of halogens is 7. The van der Waals surface area contributed by atoms with Gasteiger partial charge in [0.15, 0.2) is 0 Å². The van der Waals surface area contributed by atoms with E-state index in [-0.39, 0.29) is 43.1 Å². The third-order valence-electron chi connectivity index (χ3n) is 9.64. The third-order valence-corrected chi connectivity index (χ3v) is 9.64. The van der Waals surface area contributed by atoms with E-state index in [4.69, 9.17) is 0 Å². The van der Waals surface area contributed by atoms with E-state index in [2.05, 4.69) is 0 Å². The summed E-state index contributed by atoms with van der Waals surface area (Å²) in [6.07, 6.45) is -7.88. The molecule has 0 N–H and O–H groups in total. The number of hydrogen-bond donors (Lipinski definition) is 0. The topological polar surface area (TPSA) is 67.4 Å². The van der Waals surface area contributed by atoms with Gasteiger partial charge >= 0.3 is 24.4 Å². The standard InChI is InChI=1S/C33H40F7N5O3/c1-6-41(2)30(47)42(3)25-13-9-21(10-14-25)29(46)45-18-27(20-7-11-24(34)12-8-20)28(19-45)44(5)31(48)43(4)26-16-22(32(35,36)37)15-23(17-26)33(38,39)40/h7-8,11-12,15-17,21,25,27-28H,6,9-10,13-14,18-19H2,1-5H3. The monoisotopic (exact) mass is 687 g/mol. The van der Waals surface area contributed by atoms with Crippen LogP contribution in [0.3, 0.4) is 0 Å². The van der Waals surface area contributed by atoms with E-state index in [1.807, 2.05) is 6.92 Å². The van der Waals surface area contributed by atoms with Crippen LogP contribution in [0.5, 0.6) is 0 Å². The first-order chi connectivity index (χ1) is 22.3. The minimum atomic E-state index is -5.10. The Morgan fingerprint density at radius 1 is 0.771 bits per heavy atom. The van der Waals surface area contributed by atoms with Crippen LogP contribution >= 0.6 is 0 Å². The van der Waals surface area contributed by atoms with Crippen LogP contribution in [-0.4, -0.2) is 97.5 Å². The molecule has 2 atom stereocenters. The zero-order chi connectivity index (χ0) is 35.7. The van der Waals surface area contributed by atoms with Crippen LogP contribution in [0.25, 0.3) is 0 Å². The fraction of sp³-hybridized carbons (Fsp3) is 0.545. The van der Waals surface area contributed by atoms with Crippen molar-refractivity contribution in [3.8, 4) is 0 Å². The van der Waals surface area contributed by atoms with Crippen LogP contribution in [0.2, 0.25) is 0 Å². The lowest BCUT2D eigenvalue weighted by Gasteiger charge is -2.37. The quantitative estimate of drug-likeness (QED) is 0.310. The normalized spacial score (nSPS) is 21.5. The van der Waals surface area contributed by atoms with Crippen molar-refractivity contribution in [2.75, 3.05) is 52.7 Å². The van der Waals surface area contributed by atoms with E-state index < -0.39 is 53.0 Å². The Bertz CT molecular complexity index is 1440. The molecule has 2 aromatic rings. The minimum Gasteiger partial charge on any atom is -0.340 e. The van der Waals surface area contributed by atoms with Crippen LogP contribution < -0.4 is 4.90 Å². The molecule has 2 aromatic carbocycles. The zero-order valence-corrected chi connectivity index (χ0v) is 27.4. The molecule has 0 bridgehead atoms. The van der Waals surface area contributed by atoms with E-state index >= 15 is 0 Å². The molecule has 1 aliphatic heterocycles. The van der Waals surface area contributed by atoms with Crippen molar-refractivity contribution in [3.05, 3.63) is 65.0 Å². The molecule has 0 radical (unpaired) electrons. The molecule has 1 heterocycles. The predicted octanol–water partition coefficient (Wildman–Crippen LogP) is 6.91. The van der Waals surface area contributed by atoms with Crippen molar-refractivity contribution in [2.45, 2.75) is 63.0 Å². The van der Waals surface area contributed by atoms with E-state index in [1.165, 1.54) is 36.2 Å². The molecule has 1 saturated heterocycles. The molecule has 264 valence electrons. The lowest BCUT2D eigenvalue weighted by molar-refractivity contribution is -0.143. The number of alkyl halides is 6. The van der Waals surface area contributed by atoms with Gasteiger partial charge in [-0.05, 0) is 68.5 Å². The Morgan fingerprint density at radius 2 is 1.31 bits per heavy atom. The lowest BCUT2D eigenvalue weighted by atomic mass is 9.84. The second-order valence-electron chi connectivity index (χ2n) is 12.6. The molecule has 4 rings (SSSR count). The second kappa shape index (κ2) is 14.2. The number of urea groups is 2. The fourth-order valence-corrected chi connectivity index (χ4v) is 6.55. The van der Waals surface area contributed by atoms with E-state index in [9.17, 15) is 45.1 Å². The molecular weight excluding hydrogens is 647 g/mol. The van der Waals surface area contributed by atoms with Crippen molar-refractivity contribution >= 4 is 23.7 Å². The summed E-state index contributed by atoms with van der Waals surface area (Å²) in [5, 5.41) is 0. The van der Waals surface area contributed by atoms with Gasteiger partial charge in [0.1, 0.15) is 5.82 Å². The summed E-state index contributed by atoms with van der Waals surface area (Å²) in [5.74, 6) is -1.50. The number of nitrogens with zero attached hydrogens (tertiary/aromatic N) is 5. The molecule has 0 aromatic heterocycles. The summed E-state index contributed by atoms with van der Waals surface area (Å²) in [5.41, 5.74) is -3.11. The number of benzene rings is 2. The lowest BCUT2D eigenvalue weighted by Crippen LogP contribution is -2.48. The highest BCUT2D eigenvalue weighted by Gasteiger charge is 2.44. The maximum Gasteiger partial charge on any atom is 0.416 e. The van der Waals surface area contributed by atoms with Gasteiger partial charge in [0.25, 0.3) is 0 Å². The van der Waals surface area contributed by atoms with E-state index in [1.54, 1.807) is 28.8 Å². The smallest absolute Gasteiger partial charge is 0.340 e. The third kappa shape index (κ3) is 7.97. The molecule has 1 saturated carbocycles. The Labute approximate surface area is 275 Å². The van der Waals surface area contributed by atoms with Gasteiger partial charge in [0.2, 0.25) is 5.91 Å². The highest BCUT2D eigenvalue weighted by atomic mass is 19.4. The van der Waals surface area contributed by atoms with Crippen molar-refractivity contribution < 1.29 is 45.1 Å². The van der Waals surface area contributed by atoms with Crippen LogP contribution in [0.1, 0.15) is 55.2 Å². The first-order valence-corrected chi connectivity index (χ1v) is 15.7. The summed E-state index contributed by atoms with van der Waals surface area (Å²) < 4.78 is 94.9. The van der Waals surface area contributed by atoms with Gasteiger partial charge in [-0.25, -0.2) is 14.0 Å². The molecule has 2 unspecified atom stereocenters. The van der Waals surface area contributed by atoms with Crippen molar-refractivity contribution in [1.82, 2.24) is 19.6 Å². The summed E-state index contributed by atoms with van der Waals surface area (Å²) in [6.45, 7) is 2.65. The SMILES string of the molecule is CCN(C)C(=O)N(C)C1CCC(C(=O)N2CC(c3ccc(F)cc3)C(N(C)C(=O)N(C)c3cc(C(F)(F)F)cc(C(F)(F)F)c3)C2)CC1. The maximum absolute atomic E-state index is 13.8. The number of rotatable bonds is 6. The molecule has 1 aliphatic carbocycles. The van der Waals surface area contributed by atoms with Gasteiger partial charge < -0.3 is 19.6 Å². The average Bonchev–Trinajstić information content (AvgIpc) is 3.50. The highest BCUT2D eigenvalue weighted by Crippen LogP contribution is 2.39. The van der Waals surface area contributed by atoms with Crippen LogP contribution in [0.4, 0.5) is 46.0 Å². The predicted molar refractivity (Wildman–Crippen MR) is 165 cm³/mol. The molecule has 2 aliphatic rings.